The molecule has 0 saturated carbocycles. The molecule has 7 heteroatoms. The maximum Gasteiger partial charge on any atom is 0.267 e. The van der Waals surface area contributed by atoms with Gasteiger partial charge >= 0.3 is 0 Å². The molecular weight excluding hydrogens is 328 g/mol. The van der Waals surface area contributed by atoms with Crippen LogP contribution in [0.5, 0.6) is 5.75 Å². The van der Waals surface area contributed by atoms with Gasteiger partial charge in [-0.25, -0.2) is 8.42 Å². The largest absolute Gasteiger partial charge is 0.476 e. The highest BCUT2D eigenvalue weighted by molar-refractivity contribution is 7.92. The van der Waals surface area contributed by atoms with Crippen molar-refractivity contribution in [1.82, 2.24) is 0 Å². The first-order valence-electron chi connectivity index (χ1n) is 7.46. The molecule has 0 bridgehead atoms. The van der Waals surface area contributed by atoms with Crippen LogP contribution in [0.1, 0.15) is 5.56 Å². The van der Waals surface area contributed by atoms with E-state index in [9.17, 15) is 13.2 Å². The molecule has 1 atom stereocenters. The molecule has 0 saturated heterocycles. The van der Waals surface area contributed by atoms with Gasteiger partial charge in [-0.3, -0.25) is 9.10 Å². The zero-order valence-electron chi connectivity index (χ0n) is 13.4. The second-order valence-electron chi connectivity index (χ2n) is 5.67. The van der Waals surface area contributed by atoms with Gasteiger partial charge < -0.3 is 10.1 Å². The van der Waals surface area contributed by atoms with Crippen molar-refractivity contribution in [3.63, 3.8) is 0 Å². The molecule has 0 unspecified atom stereocenters. The number of ether oxygens (including phenoxy) is 1. The average Bonchev–Trinajstić information content (AvgIpc) is 2.55. The highest BCUT2D eigenvalue weighted by Crippen LogP contribution is 2.34. The molecule has 0 fully saturated rings. The first kappa shape index (κ1) is 16.3. The first-order chi connectivity index (χ1) is 11.4. The lowest BCUT2D eigenvalue weighted by molar-refractivity contribution is -0.122. The second kappa shape index (κ2) is 6.16. The summed E-state index contributed by atoms with van der Waals surface area (Å²) in [6, 6.07) is 14.2. The first-order valence-corrected chi connectivity index (χ1v) is 9.31. The molecule has 126 valence electrons. The van der Waals surface area contributed by atoms with Crippen molar-refractivity contribution in [3.8, 4) is 5.75 Å². The Kier molecular flexibility index (Phi) is 4.19. The Balaban J connectivity index is 1.88. The van der Waals surface area contributed by atoms with Gasteiger partial charge in [-0.1, -0.05) is 30.3 Å². The quantitative estimate of drug-likeness (QED) is 0.924. The number of anilines is 2. The van der Waals surface area contributed by atoms with Crippen molar-refractivity contribution in [2.75, 3.05) is 22.4 Å². The van der Waals surface area contributed by atoms with Crippen LogP contribution < -0.4 is 14.4 Å². The number of benzene rings is 2. The number of hydrogen-bond donors (Lipinski definition) is 1. The standard InChI is InChI=1S/C17H18N2O4S/c1-12-7-3-4-8-13(12)18-17(20)16-11-19(24(2,21)22)14-9-5-6-10-15(14)23-16/h3-10,16H,11H2,1-2H3,(H,18,20)/t16-/m1/s1. The summed E-state index contributed by atoms with van der Waals surface area (Å²) in [7, 11) is -3.51. The zero-order valence-corrected chi connectivity index (χ0v) is 14.2. The van der Waals surface area contributed by atoms with Gasteiger partial charge in [0, 0.05) is 5.69 Å². The van der Waals surface area contributed by atoms with Crippen LogP contribution in [-0.4, -0.2) is 33.2 Å². The molecule has 2 aromatic rings. The minimum atomic E-state index is -3.51. The van der Waals surface area contributed by atoms with Crippen molar-refractivity contribution < 1.29 is 17.9 Å². The van der Waals surface area contributed by atoms with Crippen LogP contribution in [-0.2, 0) is 14.8 Å². The summed E-state index contributed by atoms with van der Waals surface area (Å²) in [5, 5.41) is 2.80. The number of nitrogens with one attached hydrogen (secondary N) is 1. The van der Waals surface area contributed by atoms with Crippen LogP contribution in [0.2, 0.25) is 0 Å². The number of sulfonamides is 1. The number of amides is 1. The van der Waals surface area contributed by atoms with E-state index in [4.69, 9.17) is 4.74 Å². The predicted octanol–water partition coefficient (Wildman–Crippen LogP) is 2.16. The third-order valence-electron chi connectivity index (χ3n) is 3.83. The van der Waals surface area contributed by atoms with Crippen molar-refractivity contribution >= 4 is 27.3 Å². The minimum Gasteiger partial charge on any atom is -0.476 e. The lowest BCUT2D eigenvalue weighted by Crippen LogP contribution is -2.48. The zero-order chi connectivity index (χ0) is 17.3. The Hall–Kier alpha value is -2.54. The Labute approximate surface area is 141 Å². The van der Waals surface area contributed by atoms with E-state index < -0.39 is 16.1 Å². The molecule has 1 aliphatic rings. The van der Waals surface area contributed by atoms with Crippen LogP contribution >= 0.6 is 0 Å². The summed E-state index contributed by atoms with van der Waals surface area (Å²) >= 11 is 0. The normalized spacial score (nSPS) is 16.9. The molecule has 0 radical (unpaired) electrons. The van der Waals surface area contributed by atoms with E-state index in [0.29, 0.717) is 17.1 Å². The number of carbonyl (C=O) groups excluding carboxylic acids is 1. The molecule has 1 heterocycles. The lowest BCUT2D eigenvalue weighted by atomic mass is 10.2. The van der Waals surface area contributed by atoms with E-state index in [-0.39, 0.29) is 12.5 Å². The van der Waals surface area contributed by atoms with Crippen molar-refractivity contribution in [3.05, 3.63) is 54.1 Å². The van der Waals surface area contributed by atoms with E-state index >= 15 is 0 Å². The van der Waals surface area contributed by atoms with E-state index in [1.807, 2.05) is 25.1 Å². The molecule has 1 amide bonds. The topological polar surface area (TPSA) is 75.7 Å². The maximum absolute atomic E-state index is 12.5. The fraction of sp³-hybridized carbons (Fsp3) is 0.235. The van der Waals surface area contributed by atoms with E-state index in [1.54, 1.807) is 30.3 Å². The summed E-state index contributed by atoms with van der Waals surface area (Å²) in [6.07, 6.45) is 0.194. The van der Waals surface area contributed by atoms with Crippen LogP contribution in [0, 0.1) is 6.92 Å². The molecule has 3 rings (SSSR count). The van der Waals surface area contributed by atoms with E-state index in [1.165, 1.54) is 4.31 Å². The lowest BCUT2D eigenvalue weighted by Gasteiger charge is -2.33. The maximum atomic E-state index is 12.5. The van der Waals surface area contributed by atoms with Gasteiger partial charge in [0.15, 0.2) is 6.10 Å². The number of para-hydroxylation sites is 3. The fourth-order valence-electron chi connectivity index (χ4n) is 2.58. The number of carbonyl (C=O) groups is 1. The Morgan fingerprint density at radius 2 is 1.83 bits per heavy atom. The summed E-state index contributed by atoms with van der Waals surface area (Å²) in [5.74, 6) is -0.00781. The van der Waals surface area contributed by atoms with Gasteiger partial charge in [0.2, 0.25) is 10.0 Å². The molecule has 1 aliphatic heterocycles. The summed E-state index contributed by atoms with van der Waals surface area (Å²) in [6.45, 7) is 1.82. The number of fused-ring (bicyclic) bond motifs is 1. The Bertz CT molecular complexity index is 880. The number of aryl methyl sites for hydroxylation is 1. The van der Waals surface area contributed by atoms with Gasteiger partial charge in [0.05, 0.1) is 18.5 Å². The van der Waals surface area contributed by atoms with Crippen molar-refractivity contribution in [2.24, 2.45) is 0 Å². The van der Waals surface area contributed by atoms with E-state index in [0.717, 1.165) is 11.8 Å². The van der Waals surface area contributed by atoms with Gasteiger partial charge in [-0.05, 0) is 30.7 Å². The van der Waals surface area contributed by atoms with Crippen LogP contribution in [0.25, 0.3) is 0 Å². The molecular formula is C17H18N2O4S. The van der Waals surface area contributed by atoms with Gasteiger partial charge in [0.1, 0.15) is 5.75 Å². The summed E-state index contributed by atoms with van der Waals surface area (Å²) in [4.78, 5) is 12.5. The molecule has 0 spiro atoms. The molecule has 24 heavy (non-hydrogen) atoms. The molecule has 0 aromatic heterocycles. The monoisotopic (exact) mass is 346 g/mol. The van der Waals surface area contributed by atoms with Gasteiger partial charge in [-0.15, -0.1) is 0 Å². The fourth-order valence-corrected chi connectivity index (χ4v) is 3.49. The summed E-state index contributed by atoms with van der Waals surface area (Å²) < 4.78 is 31.1. The van der Waals surface area contributed by atoms with Gasteiger partial charge in [-0.2, -0.15) is 0 Å². The van der Waals surface area contributed by atoms with Crippen molar-refractivity contribution in [1.29, 1.82) is 0 Å². The Morgan fingerprint density at radius 3 is 2.54 bits per heavy atom. The Morgan fingerprint density at radius 1 is 1.17 bits per heavy atom. The van der Waals surface area contributed by atoms with Crippen molar-refractivity contribution in [2.45, 2.75) is 13.0 Å². The molecule has 6 nitrogen and oxygen atoms in total. The smallest absolute Gasteiger partial charge is 0.267 e. The van der Waals surface area contributed by atoms with Crippen LogP contribution in [0.4, 0.5) is 11.4 Å². The average molecular weight is 346 g/mol. The highest BCUT2D eigenvalue weighted by Gasteiger charge is 2.34. The number of hydrogen-bond acceptors (Lipinski definition) is 4. The number of rotatable bonds is 3. The third kappa shape index (κ3) is 3.21. The molecule has 1 N–H and O–H groups in total. The molecule has 0 aliphatic carbocycles. The third-order valence-corrected chi connectivity index (χ3v) is 4.98. The minimum absolute atomic E-state index is 0.0619. The highest BCUT2D eigenvalue weighted by atomic mass is 32.2. The second-order valence-corrected chi connectivity index (χ2v) is 7.58. The van der Waals surface area contributed by atoms with E-state index in [2.05, 4.69) is 5.32 Å². The SMILES string of the molecule is Cc1ccccc1NC(=O)[C@H]1CN(S(C)(=O)=O)c2ccccc2O1. The number of nitrogens with zero attached hydrogens (tertiary/aromatic N) is 1. The molecule has 2 aromatic carbocycles. The summed E-state index contributed by atoms with van der Waals surface area (Å²) in [5.41, 5.74) is 2.04. The van der Waals surface area contributed by atoms with Crippen LogP contribution in [0.15, 0.2) is 48.5 Å². The predicted molar refractivity (Wildman–Crippen MR) is 92.9 cm³/mol. The van der Waals surface area contributed by atoms with Gasteiger partial charge in [0.25, 0.3) is 5.91 Å². The van der Waals surface area contributed by atoms with Crippen LogP contribution in [0.3, 0.4) is 0 Å².